The molecule has 0 amide bonds. The van der Waals surface area contributed by atoms with Gasteiger partial charge in [-0.15, -0.1) is 0 Å². The van der Waals surface area contributed by atoms with Crippen LogP contribution in [0.1, 0.15) is 20.8 Å². The highest BCUT2D eigenvalue weighted by Crippen LogP contribution is 1.92. The largest absolute Gasteiger partial charge is 0.391 e. The normalized spacial score (nSPS) is 16.4. The van der Waals surface area contributed by atoms with Gasteiger partial charge in [0.1, 0.15) is 5.78 Å². The van der Waals surface area contributed by atoms with E-state index in [1.54, 1.807) is 6.92 Å². The molecule has 0 fully saturated rings. The Morgan fingerprint density at radius 2 is 2.20 bits per heavy atom. The van der Waals surface area contributed by atoms with Gasteiger partial charge in [-0.1, -0.05) is 6.92 Å². The fourth-order valence-electron chi connectivity index (χ4n) is 0.874. The molecule has 0 aromatic rings. The lowest BCUT2D eigenvalue weighted by molar-refractivity contribution is -0.121. The number of hydrogen-bond acceptors (Lipinski definition) is 3. The molecule has 2 N–H and O–H groups in total. The molecule has 0 bridgehead atoms. The summed E-state index contributed by atoms with van der Waals surface area (Å²) in [5.41, 5.74) is 0. The van der Waals surface area contributed by atoms with Crippen molar-refractivity contribution in [3.63, 3.8) is 0 Å². The number of Topliss-reactive ketones (excluding diaryl/α,β-unsaturated/α-hetero) is 1. The van der Waals surface area contributed by atoms with Gasteiger partial charge < -0.3 is 10.4 Å². The van der Waals surface area contributed by atoms with Crippen molar-refractivity contribution in [2.24, 2.45) is 0 Å². The Labute approximate surface area is 61.4 Å². The molecular weight excluding hydrogens is 130 g/mol. The lowest BCUT2D eigenvalue weighted by Gasteiger charge is -2.16. The number of ketones is 1. The number of aliphatic hydroxyl groups is 1. The van der Waals surface area contributed by atoms with Crippen LogP contribution in [0.3, 0.4) is 0 Å². The van der Waals surface area contributed by atoms with Crippen LogP contribution >= 0.6 is 0 Å². The van der Waals surface area contributed by atoms with Gasteiger partial charge >= 0.3 is 0 Å². The lowest BCUT2D eigenvalue weighted by atomic mass is 10.1. The molecule has 0 saturated heterocycles. The molecule has 60 valence electrons. The number of nitrogens with one attached hydrogen (secondary N) is 1. The molecule has 0 radical (unpaired) electrons. The third-order valence-electron chi connectivity index (χ3n) is 1.34. The minimum Gasteiger partial charge on any atom is -0.391 e. The number of carbonyl (C=O) groups excluding carboxylic acids is 1. The quantitative estimate of drug-likeness (QED) is 0.582. The summed E-state index contributed by atoms with van der Waals surface area (Å²) in [6.45, 7) is 5.68. The molecule has 0 heterocycles. The van der Waals surface area contributed by atoms with E-state index in [2.05, 4.69) is 5.32 Å². The van der Waals surface area contributed by atoms with Crippen LogP contribution in [0.25, 0.3) is 0 Å². The SMILES string of the molecule is CCN[C@H](C(C)=O)[C@@H](C)O. The fraction of sp³-hybridized carbons (Fsp3) is 0.857. The first-order chi connectivity index (χ1) is 4.59. The van der Waals surface area contributed by atoms with Crippen LogP contribution in [0.4, 0.5) is 0 Å². The lowest BCUT2D eigenvalue weighted by Crippen LogP contribution is -2.43. The van der Waals surface area contributed by atoms with E-state index in [1.165, 1.54) is 6.92 Å². The summed E-state index contributed by atoms with van der Waals surface area (Å²) in [4.78, 5) is 10.8. The maximum absolute atomic E-state index is 10.8. The van der Waals surface area contributed by atoms with Crippen LogP contribution in [0.2, 0.25) is 0 Å². The first-order valence-electron chi connectivity index (χ1n) is 3.51. The molecule has 0 saturated carbocycles. The fourth-order valence-corrected chi connectivity index (χ4v) is 0.874. The van der Waals surface area contributed by atoms with E-state index in [1.807, 2.05) is 6.92 Å². The average molecular weight is 145 g/mol. The first kappa shape index (κ1) is 9.59. The van der Waals surface area contributed by atoms with Gasteiger partial charge in [-0.3, -0.25) is 4.79 Å². The third kappa shape index (κ3) is 2.94. The van der Waals surface area contributed by atoms with Gasteiger partial charge in [0.25, 0.3) is 0 Å². The van der Waals surface area contributed by atoms with Crippen molar-refractivity contribution in [1.29, 1.82) is 0 Å². The monoisotopic (exact) mass is 145 g/mol. The second-order valence-corrected chi connectivity index (χ2v) is 2.39. The number of likely N-dealkylation sites (N-methyl/N-ethyl adjacent to an activating group) is 1. The number of hydrogen-bond donors (Lipinski definition) is 2. The second-order valence-electron chi connectivity index (χ2n) is 2.39. The molecule has 0 unspecified atom stereocenters. The maximum atomic E-state index is 10.8. The van der Waals surface area contributed by atoms with E-state index in [0.29, 0.717) is 6.54 Å². The molecule has 0 aromatic carbocycles. The summed E-state index contributed by atoms with van der Waals surface area (Å²) < 4.78 is 0. The van der Waals surface area contributed by atoms with E-state index >= 15 is 0 Å². The Bertz CT molecular complexity index is 112. The van der Waals surface area contributed by atoms with Crippen molar-refractivity contribution in [2.75, 3.05) is 6.54 Å². The van der Waals surface area contributed by atoms with E-state index < -0.39 is 12.1 Å². The third-order valence-corrected chi connectivity index (χ3v) is 1.34. The van der Waals surface area contributed by atoms with Crippen molar-refractivity contribution in [2.45, 2.75) is 32.9 Å². The van der Waals surface area contributed by atoms with Crippen molar-refractivity contribution in [1.82, 2.24) is 5.32 Å². The predicted octanol–water partition coefficient (Wildman–Crippen LogP) is -0.0657. The molecule has 0 aliphatic rings. The molecule has 0 aromatic heterocycles. The molecule has 2 atom stereocenters. The molecular formula is C7H15NO2. The Balaban J connectivity index is 3.85. The summed E-state index contributed by atoms with van der Waals surface area (Å²) in [7, 11) is 0. The van der Waals surface area contributed by atoms with Crippen molar-refractivity contribution in [3.8, 4) is 0 Å². The van der Waals surface area contributed by atoms with Crippen molar-refractivity contribution in [3.05, 3.63) is 0 Å². The Morgan fingerprint density at radius 1 is 1.70 bits per heavy atom. The zero-order valence-corrected chi connectivity index (χ0v) is 6.72. The highest BCUT2D eigenvalue weighted by molar-refractivity contribution is 5.81. The highest BCUT2D eigenvalue weighted by atomic mass is 16.3. The zero-order valence-electron chi connectivity index (χ0n) is 6.72. The summed E-state index contributed by atoms with van der Waals surface area (Å²) in [6.07, 6.45) is -0.600. The molecule has 0 aliphatic carbocycles. The molecule has 10 heavy (non-hydrogen) atoms. The summed E-state index contributed by atoms with van der Waals surface area (Å²) in [5.74, 6) is -0.0168. The van der Waals surface area contributed by atoms with Crippen LogP contribution in [-0.4, -0.2) is 29.6 Å². The Kier molecular flexibility index (Phi) is 4.23. The van der Waals surface area contributed by atoms with Gasteiger partial charge in [-0.2, -0.15) is 0 Å². The van der Waals surface area contributed by atoms with Crippen LogP contribution in [0.15, 0.2) is 0 Å². The zero-order chi connectivity index (χ0) is 8.15. The molecule has 0 rings (SSSR count). The molecule has 0 spiro atoms. The standard InChI is InChI=1S/C7H15NO2/c1-4-8-7(5(2)9)6(3)10/h5,7-9H,4H2,1-3H3/t5-,7+/m1/s1. The smallest absolute Gasteiger partial charge is 0.149 e. The van der Waals surface area contributed by atoms with Gasteiger partial charge in [0.05, 0.1) is 12.1 Å². The van der Waals surface area contributed by atoms with Crippen molar-refractivity contribution < 1.29 is 9.90 Å². The minimum absolute atomic E-state index is 0.0168. The van der Waals surface area contributed by atoms with Crippen LogP contribution in [0, 0.1) is 0 Å². The van der Waals surface area contributed by atoms with Crippen LogP contribution < -0.4 is 5.32 Å². The van der Waals surface area contributed by atoms with Gasteiger partial charge in [-0.25, -0.2) is 0 Å². The maximum Gasteiger partial charge on any atom is 0.149 e. The van der Waals surface area contributed by atoms with Gasteiger partial charge in [-0.05, 0) is 20.4 Å². The number of aliphatic hydroxyl groups excluding tert-OH is 1. The highest BCUT2D eigenvalue weighted by Gasteiger charge is 2.17. The predicted molar refractivity (Wildman–Crippen MR) is 39.8 cm³/mol. The number of carbonyl (C=O) groups is 1. The topological polar surface area (TPSA) is 49.3 Å². The Hall–Kier alpha value is -0.410. The summed E-state index contributed by atoms with van der Waals surface area (Å²) in [6, 6.07) is -0.398. The average Bonchev–Trinajstić information content (AvgIpc) is 1.81. The molecule has 3 heteroatoms. The van der Waals surface area contributed by atoms with E-state index in [0.717, 1.165) is 0 Å². The van der Waals surface area contributed by atoms with Crippen LogP contribution in [0.5, 0.6) is 0 Å². The first-order valence-corrected chi connectivity index (χ1v) is 3.51. The van der Waals surface area contributed by atoms with E-state index in [4.69, 9.17) is 5.11 Å². The minimum atomic E-state index is -0.600. The van der Waals surface area contributed by atoms with Gasteiger partial charge in [0, 0.05) is 0 Å². The summed E-state index contributed by atoms with van der Waals surface area (Å²) >= 11 is 0. The molecule has 0 aliphatic heterocycles. The van der Waals surface area contributed by atoms with Gasteiger partial charge in [0.15, 0.2) is 0 Å². The number of rotatable bonds is 4. The van der Waals surface area contributed by atoms with E-state index in [-0.39, 0.29) is 5.78 Å². The second kappa shape index (κ2) is 4.41. The van der Waals surface area contributed by atoms with E-state index in [9.17, 15) is 4.79 Å². The van der Waals surface area contributed by atoms with Crippen molar-refractivity contribution >= 4 is 5.78 Å². The van der Waals surface area contributed by atoms with Crippen LogP contribution in [-0.2, 0) is 4.79 Å². The van der Waals surface area contributed by atoms with Gasteiger partial charge in [0.2, 0.25) is 0 Å². The Morgan fingerprint density at radius 3 is 2.30 bits per heavy atom. The molecule has 3 nitrogen and oxygen atoms in total. The summed E-state index contributed by atoms with van der Waals surface area (Å²) in [5, 5.41) is 11.9.